The van der Waals surface area contributed by atoms with Crippen LogP contribution in [0.15, 0.2) is 42.5 Å². The Labute approximate surface area is 126 Å². The summed E-state index contributed by atoms with van der Waals surface area (Å²) in [6, 6.07) is 10.8. The molecule has 0 saturated carbocycles. The molecule has 0 heterocycles. The average Bonchev–Trinajstić information content (AvgIpc) is 2.45. The Kier molecular flexibility index (Phi) is 5.25. The SMILES string of the molecule is O=[N+]([O-])c1ccc(Cl)c(CNCCc2cccc(F)c2)c1. The van der Waals surface area contributed by atoms with E-state index in [1.807, 2.05) is 6.07 Å². The van der Waals surface area contributed by atoms with Gasteiger partial charge in [0.05, 0.1) is 4.92 Å². The molecule has 0 aliphatic rings. The highest BCUT2D eigenvalue weighted by atomic mass is 35.5. The second-order valence-corrected chi connectivity index (χ2v) is 5.00. The number of hydrogen-bond donors (Lipinski definition) is 1. The first-order chi connectivity index (χ1) is 10.1. The number of nitro benzene ring substituents is 1. The molecule has 0 fully saturated rings. The van der Waals surface area contributed by atoms with E-state index >= 15 is 0 Å². The molecule has 0 aliphatic heterocycles. The van der Waals surface area contributed by atoms with Crippen LogP contribution in [0.2, 0.25) is 5.02 Å². The maximum Gasteiger partial charge on any atom is 0.269 e. The van der Waals surface area contributed by atoms with Crippen molar-refractivity contribution >= 4 is 17.3 Å². The van der Waals surface area contributed by atoms with Crippen molar-refractivity contribution in [3.8, 4) is 0 Å². The van der Waals surface area contributed by atoms with Crippen LogP contribution in [0.3, 0.4) is 0 Å². The molecule has 0 amide bonds. The molecule has 0 bridgehead atoms. The highest BCUT2D eigenvalue weighted by Crippen LogP contribution is 2.21. The molecule has 1 N–H and O–H groups in total. The minimum atomic E-state index is -0.452. The van der Waals surface area contributed by atoms with Crippen molar-refractivity contribution in [3.63, 3.8) is 0 Å². The zero-order chi connectivity index (χ0) is 15.2. The van der Waals surface area contributed by atoms with Crippen molar-refractivity contribution in [2.24, 2.45) is 0 Å². The first-order valence-corrected chi connectivity index (χ1v) is 6.82. The van der Waals surface area contributed by atoms with Crippen molar-refractivity contribution in [3.05, 3.63) is 74.5 Å². The molecule has 2 aromatic rings. The number of benzene rings is 2. The van der Waals surface area contributed by atoms with Crippen LogP contribution in [0.4, 0.5) is 10.1 Å². The standard InChI is InChI=1S/C15H14ClFN2O2/c16-15-5-4-14(19(20)21)9-12(15)10-18-7-6-11-2-1-3-13(17)8-11/h1-5,8-9,18H,6-7,10H2. The van der Waals surface area contributed by atoms with Crippen LogP contribution in [0.25, 0.3) is 0 Å². The molecule has 110 valence electrons. The Morgan fingerprint density at radius 1 is 1.24 bits per heavy atom. The number of nitrogens with one attached hydrogen (secondary N) is 1. The van der Waals surface area contributed by atoms with E-state index in [4.69, 9.17) is 11.6 Å². The van der Waals surface area contributed by atoms with Crippen LogP contribution in [0, 0.1) is 15.9 Å². The van der Waals surface area contributed by atoms with E-state index in [0.29, 0.717) is 30.1 Å². The largest absolute Gasteiger partial charge is 0.312 e. The van der Waals surface area contributed by atoms with Gasteiger partial charge in [0.15, 0.2) is 0 Å². The van der Waals surface area contributed by atoms with E-state index in [0.717, 1.165) is 5.56 Å². The molecule has 0 aromatic heterocycles. The predicted octanol–water partition coefficient (Wildman–Crippen LogP) is 3.72. The number of hydrogen-bond acceptors (Lipinski definition) is 3. The molecule has 0 saturated heterocycles. The molecule has 2 rings (SSSR count). The minimum absolute atomic E-state index is 0.0151. The van der Waals surface area contributed by atoms with E-state index < -0.39 is 4.92 Å². The van der Waals surface area contributed by atoms with Crippen molar-refractivity contribution < 1.29 is 9.31 Å². The molecule has 4 nitrogen and oxygen atoms in total. The lowest BCUT2D eigenvalue weighted by atomic mass is 10.1. The first-order valence-electron chi connectivity index (χ1n) is 6.44. The molecular formula is C15H14ClFN2O2. The number of halogens is 2. The van der Waals surface area contributed by atoms with Gasteiger partial charge in [-0.3, -0.25) is 10.1 Å². The molecule has 0 atom stereocenters. The van der Waals surface area contributed by atoms with E-state index in [-0.39, 0.29) is 11.5 Å². The summed E-state index contributed by atoms with van der Waals surface area (Å²) in [5.41, 5.74) is 1.58. The fourth-order valence-electron chi connectivity index (χ4n) is 1.96. The zero-order valence-electron chi connectivity index (χ0n) is 11.2. The molecule has 0 spiro atoms. The smallest absolute Gasteiger partial charge is 0.269 e. The topological polar surface area (TPSA) is 55.2 Å². The average molecular weight is 309 g/mol. The summed E-state index contributed by atoms with van der Waals surface area (Å²) in [7, 11) is 0. The number of nitro groups is 1. The second-order valence-electron chi connectivity index (χ2n) is 4.59. The summed E-state index contributed by atoms with van der Waals surface area (Å²) < 4.78 is 13.0. The van der Waals surface area contributed by atoms with Gasteiger partial charge in [0.25, 0.3) is 5.69 Å². The van der Waals surface area contributed by atoms with Crippen LogP contribution < -0.4 is 5.32 Å². The van der Waals surface area contributed by atoms with E-state index in [2.05, 4.69) is 5.32 Å². The summed E-state index contributed by atoms with van der Waals surface area (Å²) in [4.78, 5) is 10.3. The summed E-state index contributed by atoms with van der Waals surface area (Å²) in [6.07, 6.45) is 0.671. The molecule has 0 unspecified atom stereocenters. The molecule has 6 heteroatoms. The lowest BCUT2D eigenvalue weighted by molar-refractivity contribution is -0.384. The highest BCUT2D eigenvalue weighted by molar-refractivity contribution is 6.31. The van der Waals surface area contributed by atoms with Gasteiger partial charge in [-0.2, -0.15) is 0 Å². The number of non-ortho nitro benzene ring substituents is 1. The summed E-state index contributed by atoms with van der Waals surface area (Å²) in [5, 5.41) is 14.4. The van der Waals surface area contributed by atoms with Gasteiger partial charge in [0.1, 0.15) is 5.82 Å². The lowest BCUT2D eigenvalue weighted by Crippen LogP contribution is -2.17. The zero-order valence-corrected chi connectivity index (χ0v) is 11.9. The number of nitrogens with zero attached hydrogens (tertiary/aromatic N) is 1. The Morgan fingerprint density at radius 3 is 2.76 bits per heavy atom. The Balaban J connectivity index is 1.88. The maximum absolute atomic E-state index is 13.0. The molecule has 2 aromatic carbocycles. The van der Waals surface area contributed by atoms with Crippen molar-refractivity contribution in [2.75, 3.05) is 6.54 Å². The van der Waals surface area contributed by atoms with Gasteiger partial charge in [-0.1, -0.05) is 23.7 Å². The minimum Gasteiger partial charge on any atom is -0.312 e. The molecule has 0 radical (unpaired) electrons. The van der Waals surface area contributed by atoms with Gasteiger partial charge >= 0.3 is 0 Å². The van der Waals surface area contributed by atoms with Crippen LogP contribution >= 0.6 is 11.6 Å². The third-order valence-corrected chi connectivity index (χ3v) is 3.40. The first kappa shape index (κ1) is 15.4. The van der Waals surface area contributed by atoms with Gasteiger partial charge in [-0.25, -0.2) is 4.39 Å². The van der Waals surface area contributed by atoms with Crippen molar-refractivity contribution in [1.29, 1.82) is 0 Å². The summed E-state index contributed by atoms with van der Waals surface area (Å²) in [6.45, 7) is 1.05. The van der Waals surface area contributed by atoms with Gasteiger partial charge in [0.2, 0.25) is 0 Å². The van der Waals surface area contributed by atoms with E-state index in [9.17, 15) is 14.5 Å². The van der Waals surface area contributed by atoms with Gasteiger partial charge in [-0.15, -0.1) is 0 Å². The quantitative estimate of drug-likeness (QED) is 0.503. The third-order valence-electron chi connectivity index (χ3n) is 3.04. The number of rotatable bonds is 6. The third kappa shape index (κ3) is 4.51. The normalized spacial score (nSPS) is 10.6. The fraction of sp³-hybridized carbons (Fsp3) is 0.200. The molecule has 21 heavy (non-hydrogen) atoms. The van der Waals surface area contributed by atoms with Crippen LogP contribution in [-0.4, -0.2) is 11.5 Å². The molecular weight excluding hydrogens is 295 g/mol. The fourth-order valence-corrected chi connectivity index (χ4v) is 2.14. The van der Waals surface area contributed by atoms with E-state index in [1.54, 1.807) is 6.07 Å². The Hall–Kier alpha value is -1.98. The Morgan fingerprint density at radius 2 is 2.05 bits per heavy atom. The maximum atomic E-state index is 13.0. The van der Waals surface area contributed by atoms with Crippen LogP contribution in [-0.2, 0) is 13.0 Å². The van der Waals surface area contributed by atoms with E-state index in [1.165, 1.54) is 30.3 Å². The Bertz CT molecular complexity index is 649. The van der Waals surface area contributed by atoms with Gasteiger partial charge in [0, 0.05) is 23.7 Å². The van der Waals surface area contributed by atoms with Crippen LogP contribution in [0.5, 0.6) is 0 Å². The van der Waals surface area contributed by atoms with Crippen molar-refractivity contribution in [1.82, 2.24) is 5.32 Å². The van der Waals surface area contributed by atoms with Crippen LogP contribution in [0.1, 0.15) is 11.1 Å². The predicted molar refractivity (Wildman–Crippen MR) is 79.9 cm³/mol. The lowest BCUT2D eigenvalue weighted by Gasteiger charge is -2.07. The van der Waals surface area contributed by atoms with Gasteiger partial charge < -0.3 is 5.32 Å². The summed E-state index contributed by atoms with van der Waals surface area (Å²) in [5.74, 6) is -0.255. The second kappa shape index (κ2) is 7.15. The van der Waals surface area contributed by atoms with Crippen molar-refractivity contribution in [2.45, 2.75) is 13.0 Å². The van der Waals surface area contributed by atoms with Gasteiger partial charge in [-0.05, 0) is 42.3 Å². The molecule has 0 aliphatic carbocycles. The monoisotopic (exact) mass is 308 g/mol. The highest BCUT2D eigenvalue weighted by Gasteiger charge is 2.09. The summed E-state index contributed by atoms with van der Waals surface area (Å²) >= 11 is 6.01.